The Balaban J connectivity index is 4.22. The van der Waals surface area contributed by atoms with Crippen molar-refractivity contribution in [3.05, 3.63) is 12.7 Å². The van der Waals surface area contributed by atoms with Gasteiger partial charge in [0.05, 0.1) is 17.9 Å². The van der Waals surface area contributed by atoms with Crippen molar-refractivity contribution in [3.63, 3.8) is 0 Å². The molecule has 0 radical (unpaired) electrons. The van der Waals surface area contributed by atoms with E-state index in [0.717, 1.165) is 18.5 Å². The largest absolute Gasteiger partial charge is 0.458 e. The van der Waals surface area contributed by atoms with Crippen LogP contribution < -0.4 is 5.32 Å². The van der Waals surface area contributed by atoms with E-state index in [1.54, 1.807) is 13.8 Å². The van der Waals surface area contributed by atoms with Gasteiger partial charge < -0.3 is 9.43 Å². The Bertz CT molecular complexity index is 518. The summed E-state index contributed by atoms with van der Waals surface area (Å²) < 4.78 is 35.1. The average molecular weight is 396 g/mol. The number of hydrogen-bond donors (Lipinski definition) is 1. The molecule has 1 N–H and O–H groups in total. The third kappa shape index (κ3) is 12.0. The number of unbranched alkanes of at least 4 members (excludes halogenated alkanes) is 1. The SMILES string of the molecule is C=CC(=O)NC(C)(C)CS(=O)(=O)OCCCC[Si](C)(C)O[SiH](C)C. The molecule has 0 rings (SSSR count). The number of carbonyl (C=O) groups is 1. The van der Waals surface area contributed by atoms with Crippen LogP contribution in [0.5, 0.6) is 0 Å². The molecule has 0 bridgehead atoms. The summed E-state index contributed by atoms with van der Waals surface area (Å²) in [5, 5.41) is 2.58. The molecule has 0 aliphatic heterocycles. The van der Waals surface area contributed by atoms with Crippen LogP contribution in [-0.2, 0) is 23.2 Å². The van der Waals surface area contributed by atoms with Crippen molar-refractivity contribution in [2.24, 2.45) is 0 Å². The Morgan fingerprint density at radius 3 is 2.38 bits per heavy atom. The zero-order valence-corrected chi connectivity index (χ0v) is 18.8. The lowest BCUT2D eigenvalue weighted by molar-refractivity contribution is -0.117. The van der Waals surface area contributed by atoms with Crippen molar-refractivity contribution in [2.45, 2.75) is 64.5 Å². The lowest BCUT2D eigenvalue weighted by atomic mass is 10.1. The van der Waals surface area contributed by atoms with Crippen molar-refractivity contribution in [1.82, 2.24) is 5.32 Å². The first-order valence-corrected chi connectivity index (χ1v) is 15.8. The van der Waals surface area contributed by atoms with Gasteiger partial charge in [-0.15, -0.1) is 0 Å². The van der Waals surface area contributed by atoms with Crippen LogP contribution in [0.15, 0.2) is 12.7 Å². The molecule has 0 aromatic carbocycles. The zero-order chi connectivity index (χ0) is 19.0. The summed E-state index contributed by atoms with van der Waals surface area (Å²) in [6.45, 7) is 15.5. The first kappa shape index (κ1) is 23.5. The quantitative estimate of drug-likeness (QED) is 0.237. The van der Waals surface area contributed by atoms with Gasteiger partial charge in [0.15, 0.2) is 17.4 Å². The van der Waals surface area contributed by atoms with Crippen LogP contribution in [0.25, 0.3) is 0 Å². The molecule has 0 aliphatic rings. The molecule has 0 aromatic rings. The van der Waals surface area contributed by atoms with Gasteiger partial charge >= 0.3 is 0 Å². The van der Waals surface area contributed by atoms with E-state index in [1.165, 1.54) is 0 Å². The fourth-order valence-electron chi connectivity index (χ4n) is 2.44. The molecule has 0 heterocycles. The minimum Gasteiger partial charge on any atom is -0.458 e. The summed E-state index contributed by atoms with van der Waals surface area (Å²) in [6.07, 6.45) is 2.69. The van der Waals surface area contributed by atoms with Crippen LogP contribution in [-0.4, -0.2) is 49.6 Å². The summed E-state index contributed by atoms with van der Waals surface area (Å²) in [4.78, 5) is 11.3. The molecule has 24 heavy (non-hydrogen) atoms. The molecular weight excluding hydrogens is 362 g/mol. The highest BCUT2D eigenvalue weighted by Gasteiger charge is 2.28. The van der Waals surface area contributed by atoms with E-state index in [2.05, 4.69) is 38.1 Å². The molecule has 9 heteroatoms. The van der Waals surface area contributed by atoms with Gasteiger partial charge in [-0.2, -0.15) is 8.42 Å². The normalized spacial score (nSPS) is 13.1. The number of nitrogens with one attached hydrogen (secondary N) is 1. The van der Waals surface area contributed by atoms with Gasteiger partial charge in [-0.1, -0.05) is 13.0 Å². The summed E-state index contributed by atoms with van der Waals surface area (Å²) in [6, 6.07) is 1.00. The summed E-state index contributed by atoms with van der Waals surface area (Å²) in [5.74, 6) is -0.682. The molecule has 0 unspecified atom stereocenters. The molecule has 6 nitrogen and oxygen atoms in total. The van der Waals surface area contributed by atoms with Crippen molar-refractivity contribution in [3.8, 4) is 0 Å². The van der Waals surface area contributed by atoms with Gasteiger partial charge in [-0.3, -0.25) is 8.98 Å². The summed E-state index contributed by atoms with van der Waals surface area (Å²) >= 11 is 0. The number of hydrogen-bond acceptors (Lipinski definition) is 5. The third-order valence-corrected chi connectivity index (χ3v) is 10.8. The Labute approximate surface area is 150 Å². The lowest BCUT2D eigenvalue weighted by Crippen LogP contribution is -2.48. The molecule has 0 atom stereocenters. The Kier molecular flexibility index (Phi) is 9.66. The van der Waals surface area contributed by atoms with Crippen molar-refractivity contribution in [2.75, 3.05) is 12.4 Å². The summed E-state index contributed by atoms with van der Waals surface area (Å²) in [7, 11) is -6.34. The first-order valence-electron chi connectivity index (χ1n) is 8.28. The fourth-order valence-corrected chi connectivity index (χ4v) is 10.5. The van der Waals surface area contributed by atoms with Gasteiger partial charge in [0, 0.05) is 0 Å². The van der Waals surface area contributed by atoms with E-state index < -0.39 is 38.9 Å². The van der Waals surface area contributed by atoms with Gasteiger partial charge in [0.1, 0.15) is 0 Å². The molecule has 0 saturated heterocycles. The summed E-state index contributed by atoms with van der Waals surface area (Å²) in [5.41, 5.74) is -0.908. The number of amides is 1. The van der Waals surface area contributed by atoms with Crippen LogP contribution in [0.2, 0.25) is 32.2 Å². The van der Waals surface area contributed by atoms with E-state index in [-0.39, 0.29) is 12.4 Å². The lowest BCUT2D eigenvalue weighted by Gasteiger charge is -2.26. The molecule has 0 fully saturated rings. The third-order valence-electron chi connectivity index (χ3n) is 3.18. The molecule has 1 amide bonds. The maximum atomic E-state index is 12.0. The molecule has 0 aliphatic carbocycles. The zero-order valence-electron chi connectivity index (χ0n) is 15.8. The van der Waals surface area contributed by atoms with Crippen molar-refractivity contribution < 1.29 is 21.5 Å². The van der Waals surface area contributed by atoms with Crippen molar-refractivity contribution in [1.29, 1.82) is 0 Å². The number of rotatable bonds is 12. The van der Waals surface area contributed by atoms with Gasteiger partial charge in [-0.05, 0) is 58.6 Å². The number of carbonyl (C=O) groups excluding carboxylic acids is 1. The standard InChI is InChI=1S/C15H33NO5SSi2/c1-8-14(17)16-15(2,3)13-22(18,19)20-11-9-10-12-24(6,7)21-23(4)5/h8,23H,1,9-13H2,2-7H3,(H,16,17). The van der Waals surface area contributed by atoms with Crippen LogP contribution in [0, 0.1) is 0 Å². The minimum absolute atomic E-state index is 0.164. The van der Waals surface area contributed by atoms with E-state index in [9.17, 15) is 13.2 Å². The second-order valence-corrected chi connectivity index (χ2v) is 16.2. The minimum atomic E-state index is -3.69. The molecule has 0 saturated carbocycles. The highest BCUT2D eigenvalue weighted by molar-refractivity contribution is 7.86. The monoisotopic (exact) mass is 395 g/mol. The maximum absolute atomic E-state index is 12.0. The Morgan fingerprint density at radius 2 is 1.88 bits per heavy atom. The molecule has 142 valence electrons. The van der Waals surface area contributed by atoms with Crippen LogP contribution in [0.3, 0.4) is 0 Å². The predicted octanol–water partition coefficient (Wildman–Crippen LogP) is 2.40. The van der Waals surface area contributed by atoms with E-state index >= 15 is 0 Å². The Hall–Kier alpha value is -0.486. The first-order chi connectivity index (χ1) is 10.8. The van der Waals surface area contributed by atoms with E-state index in [4.69, 9.17) is 8.30 Å². The fraction of sp³-hybridized carbons (Fsp3) is 0.800. The Morgan fingerprint density at radius 1 is 1.29 bits per heavy atom. The van der Waals surface area contributed by atoms with Gasteiger partial charge in [0.25, 0.3) is 10.1 Å². The van der Waals surface area contributed by atoms with E-state index in [1.807, 2.05) is 0 Å². The second kappa shape index (κ2) is 9.86. The van der Waals surface area contributed by atoms with Crippen LogP contribution in [0.1, 0.15) is 26.7 Å². The average Bonchev–Trinajstić information content (AvgIpc) is 2.34. The van der Waals surface area contributed by atoms with Gasteiger partial charge in [-0.25, -0.2) is 0 Å². The predicted molar refractivity (Wildman–Crippen MR) is 104 cm³/mol. The van der Waals surface area contributed by atoms with E-state index in [0.29, 0.717) is 6.42 Å². The highest BCUT2D eigenvalue weighted by Crippen LogP contribution is 2.17. The highest BCUT2D eigenvalue weighted by atomic mass is 32.2. The molecule has 0 aromatic heterocycles. The molecular formula is C15H33NO5SSi2. The molecule has 0 spiro atoms. The smallest absolute Gasteiger partial charge is 0.269 e. The topological polar surface area (TPSA) is 81.7 Å². The van der Waals surface area contributed by atoms with Gasteiger partial charge in [0.2, 0.25) is 5.91 Å². The van der Waals surface area contributed by atoms with Crippen LogP contribution in [0.4, 0.5) is 0 Å². The maximum Gasteiger partial charge on any atom is 0.269 e. The second-order valence-electron chi connectivity index (χ2n) is 7.48. The van der Waals surface area contributed by atoms with Crippen molar-refractivity contribution >= 4 is 33.4 Å². The van der Waals surface area contributed by atoms with Crippen LogP contribution >= 0.6 is 0 Å².